The largest absolute Gasteiger partial charge is 0.522 e. The highest BCUT2D eigenvalue weighted by molar-refractivity contribution is 7.13. The number of halogens is 3. The van der Waals surface area contributed by atoms with Gasteiger partial charge in [-0.3, -0.25) is 4.74 Å². The van der Waals surface area contributed by atoms with Crippen molar-refractivity contribution in [3.63, 3.8) is 0 Å². The Hall–Kier alpha value is -0.820. The molecule has 0 saturated carbocycles. The Labute approximate surface area is 94.8 Å². The van der Waals surface area contributed by atoms with Crippen molar-refractivity contribution >= 4 is 16.5 Å². The molecule has 0 aliphatic carbocycles. The van der Waals surface area contributed by atoms with E-state index < -0.39 is 12.5 Å². The predicted octanol–water partition coefficient (Wildman–Crippen LogP) is 2.65. The van der Waals surface area contributed by atoms with E-state index in [1.165, 1.54) is 11.3 Å². The van der Waals surface area contributed by atoms with Crippen LogP contribution in [0.1, 0.15) is 12.8 Å². The summed E-state index contributed by atoms with van der Waals surface area (Å²) in [7, 11) is 0. The molecule has 1 aliphatic heterocycles. The summed E-state index contributed by atoms with van der Waals surface area (Å²) >= 11 is 1.50. The number of nitrogens with zero attached hydrogens (tertiary/aromatic N) is 2. The summed E-state index contributed by atoms with van der Waals surface area (Å²) in [6.07, 6.45) is -2.76. The summed E-state index contributed by atoms with van der Waals surface area (Å²) in [5, 5.41) is 2.72. The van der Waals surface area contributed by atoms with Crippen molar-refractivity contribution in [3.05, 3.63) is 11.6 Å². The molecule has 1 saturated heterocycles. The van der Waals surface area contributed by atoms with E-state index in [0.29, 0.717) is 25.9 Å². The minimum atomic E-state index is -4.52. The first-order valence-electron chi connectivity index (χ1n) is 4.93. The molecule has 0 bridgehead atoms. The maximum atomic E-state index is 12.0. The molecule has 1 fully saturated rings. The van der Waals surface area contributed by atoms with Crippen LogP contribution in [0.4, 0.5) is 18.3 Å². The minimum Gasteiger partial charge on any atom is -0.348 e. The van der Waals surface area contributed by atoms with Crippen LogP contribution in [0.3, 0.4) is 0 Å². The van der Waals surface area contributed by atoms with Gasteiger partial charge in [0.05, 0.1) is 6.10 Å². The van der Waals surface area contributed by atoms with E-state index in [4.69, 9.17) is 0 Å². The molecule has 90 valence electrons. The summed E-state index contributed by atoms with van der Waals surface area (Å²) < 4.78 is 39.9. The fourth-order valence-corrected chi connectivity index (χ4v) is 2.42. The number of aromatic nitrogens is 1. The summed E-state index contributed by atoms with van der Waals surface area (Å²) in [5.74, 6) is 0. The predicted molar refractivity (Wildman–Crippen MR) is 54.5 cm³/mol. The number of hydrogen-bond donors (Lipinski definition) is 0. The molecule has 2 rings (SSSR count). The third-order valence-corrected chi connectivity index (χ3v) is 3.26. The van der Waals surface area contributed by atoms with Crippen LogP contribution in [0.25, 0.3) is 0 Å². The third-order valence-electron chi connectivity index (χ3n) is 2.43. The van der Waals surface area contributed by atoms with Crippen LogP contribution >= 0.6 is 11.3 Å². The molecule has 1 aliphatic rings. The molecule has 0 amide bonds. The lowest BCUT2D eigenvalue weighted by atomic mass is 10.1. The molecule has 3 nitrogen and oxygen atoms in total. The van der Waals surface area contributed by atoms with Gasteiger partial charge in [0.1, 0.15) is 0 Å². The van der Waals surface area contributed by atoms with E-state index in [0.717, 1.165) is 5.13 Å². The lowest BCUT2D eigenvalue weighted by molar-refractivity contribution is -0.344. The van der Waals surface area contributed by atoms with E-state index in [2.05, 4.69) is 9.72 Å². The first kappa shape index (κ1) is 11.7. The number of anilines is 1. The van der Waals surface area contributed by atoms with Crippen molar-refractivity contribution in [2.75, 3.05) is 18.0 Å². The molecule has 0 atom stereocenters. The van der Waals surface area contributed by atoms with E-state index in [9.17, 15) is 13.2 Å². The Kier molecular flexibility index (Phi) is 3.34. The first-order valence-corrected chi connectivity index (χ1v) is 5.81. The van der Waals surface area contributed by atoms with Crippen LogP contribution in [-0.2, 0) is 4.74 Å². The molecule has 0 radical (unpaired) electrons. The molecule has 0 unspecified atom stereocenters. The highest BCUT2D eigenvalue weighted by Crippen LogP contribution is 2.27. The molecule has 0 spiro atoms. The van der Waals surface area contributed by atoms with Crippen molar-refractivity contribution in [3.8, 4) is 0 Å². The highest BCUT2D eigenvalue weighted by atomic mass is 32.1. The molecule has 2 heterocycles. The van der Waals surface area contributed by atoms with Crippen molar-refractivity contribution < 1.29 is 17.9 Å². The molecular weight excluding hydrogens is 241 g/mol. The number of thiazole rings is 1. The van der Waals surface area contributed by atoms with Crippen LogP contribution in [0.15, 0.2) is 11.6 Å². The molecule has 0 N–H and O–H groups in total. The average Bonchev–Trinajstić information content (AvgIpc) is 2.69. The molecule has 0 aromatic carbocycles. The lowest BCUT2D eigenvalue weighted by Gasteiger charge is -2.31. The van der Waals surface area contributed by atoms with Crippen molar-refractivity contribution in [1.82, 2.24) is 4.98 Å². The Morgan fingerprint density at radius 1 is 1.38 bits per heavy atom. The normalized spacial score (nSPS) is 19.1. The van der Waals surface area contributed by atoms with Gasteiger partial charge >= 0.3 is 6.36 Å². The van der Waals surface area contributed by atoms with Crippen molar-refractivity contribution in [2.24, 2.45) is 0 Å². The van der Waals surface area contributed by atoms with Crippen LogP contribution < -0.4 is 4.90 Å². The van der Waals surface area contributed by atoms with Gasteiger partial charge in [-0.2, -0.15) is 0 Å². The zero-order valence-corrected chi connectivity index (χ0v) is 9.22. The Morgan fingerprint density at radius 2 is 2.06 bits per heavy atom. The quantitative estimate of drug-likeness (QED) is 0.809. The van der Waals surface area contributed by atoms with Gasteiger partial charge in [0, 0.05) is 24.7 Å². The molecule has 1 aromatic rings. The van der Waals surface area contributed by atoms with E-state index in [-0.39, 0.29) is 0 Å². The topological polar surface area (TPSA) is 25.4 Å². The third kappa shape index (κ3) is 3.08. The molecule has 16 heavy (non-hydrogen) atoms. The smallest absolute Gasteiger partial charge is 0.348 e. The van der Waals surface area contributed by atoms with Gasteiger partial charge in [-0.1, -0.05) is 0 Å². The lowest BCUT2D eigenvalue weighted by Crippen LogP contribution is -2.39. The van der Waals surface area contributed by atoms with Crippen LogP contribution in [-0.4, -0.2) is 30.5 Å². The standard InChI is InChI=1S/C9H11F3N2OS/c10-9(11,12)15-7-1-4-14(5-2-7)8-13-3-6-16-8/h3,6-7H,1-2,4-5H2. The summed E-state index contributed by atoms with van der Waals surface area (Å²) in [5.41, 5.74) is 0. The van der Waals surface area contributed by atoms with Gasteiger partial charge in [-0.25, -0.2) is 4.98 Å². The second kappa shape index (κ2) is 4.58. The monoisotopic (exact) mass is 252 g/mol. The van der Waals surface area contributed by atoms with E-state index >= 15 is 0 Å². The number of piperidine rings is 1. The molecule has 7 heteroatoms. The van der Waals surface area contributed by atoms with Gasteiger partial charge in [-0.15, -0.1) is 24.5 Å². The van der Waals surface area contributed by atoms with Crippen molar-refractivity contribution in [2.45, 2.75) is 25.3 Å². The average molecular weight is 252 g/mol. The minimum absolute atomic E-state index is 0.388. The Balaban J connectivity index is 1.83. The van der Waals surface area contributed by atoms with Gasteiger partial charge in [0.25, 0.3) is 0 Å². The van der Waals surface area contributed by atoms with Gasteiger partial charge in [-0.05, 0) is 12.8 Å². The van der Waals surface area contributed by atoms with E-state index in [1.807, 2.05) is 10.3 Å². The van der Waals surface area contributed by atoms with Crippen molar-refractivity contribution in [1.29, 1.82) is 0 Å². The fraction of sp³-hybridized carbons (Fsp3) is 0.667. The maximum Gasteiger partial charge on any atom is 0.522 e. The first-order chi connectivity index (χ1) is 7.54. The van der Waals surface area contributed by atoms with Crippen LogP contribution in [0, 0.1) is 0 Å². The SMILES string of the molecule is FC(F)(F)OC1CCN(c2nccs2)CC1. The Morgan fingerprint density at radius 3 is 2.56 bits per heavy atom. The summed E-state index contributed by atoms with van der Waals surface area (Å²) in [6, 6.07) is 0. The summed E-state index contributed by atoms with van der Waals surface area (Å²) in [6.45, 7) is 1.13. The van der Waals surface area contributed by atoms with Gasteiger partial charge in [0.2, 0.25) is 0 Å². The maximum absolute atomic E-state index is 12.0. The zero-order chi connectivity index (χ0) is 11.6. The summed E-state index contributed by atoms with van der Waals surface area (Å²) in [4.78, 5) is 6.11. The number of rotatable bonds is 2. The van der Waals surface area contributed by atoms with Gasteiger partial charge < -0.3 is 4.90 Å². The van der Waals surface area contributed by atoms with Crippen LogP contribution in [0.5, 0.6) is 0 Å². The molecular formula is C9H11F3N2OS. The number of alkyl halides is 3. The fourth-order valence-electron chi connectivity index (χ4n) is 1.73. The van der Waals surface area contributed by atoms with Gasteiger partial charge in [0.15, 0.2) is 5.13 Å². The highest BCUT2D eigenvalue weighted by Gasteiger charge is 2.35. The van der Waals surface area contributed by atoms with Crippen LogP contribution in [0.2, 0.25) is 0 Å². The number of ether oxygens (including phenoxy) is 1. The van der Waals surface area contributed by atoms with E-state index in [1.54, 1.807) is 6.20 Å². The zero-order valence-electron chi connectivity index (χ0n) is 8.41. The second-order valence-corrected chi connectivity index (χ2v) is 4.44. The second-order valence-electron chi connectivity index (χ2n) is 3.56. The molecule has 1 aromatic heterocycles. The Bertz CT molecular complexity index is 320. The number of hydrogen-bond acceptors (Lipinski definition) is 4.